The number of rotatable bonds is 7. The van der Waals surface area contributed by atoms with Crippen LogP contribution in [0.3, 0.4) is 0 Å². The van der Waals surface area contributed by atoms with Gasteiger partial charge in [0, 0.05) is 11.6 Å². The first kappa shape index (κ1) is 22.1. The molecule has 0 saturated heterocycles. The van der Waals surface area contributed by atoms with Gasteiger partial charge >= 0.3 is 5.97 Å². The van der Waals surface area contributed by atoms with Gasteiger partial charge in [-0.2, -0.15) is 10.2 Å². The topological polar surface area (TPSA) is 119 Å². The zero-order valence-corrected chi connectivity index (χ0v) is 18.4. The molecule has 2 heterocycles. The van der Waals surface area contributed by atoms with E-state index in [1.807, 2.05) is 24.3 Å². The Morgan fingerprint density at radius 2 is 1.86 bits per heavy atom. The Morgan fingerprint density at radius 3 is 2.54 bits per heavy atom. The van der Waals surface area contributed by atoms with Crippen molar-refractivity contribution in [3.05, 3.63) is 77.4 Å². The lowest BCUT2D eigenvalue weighted by Gasteiger charge is -2.12. The first-order valence-electron chi connectivity index (χ1n) is 10.6. The van der Waals surface area contributed by atoms with E-state index in [2.05, 4.69) is 25.6 Å². The summed E-state index contributed by atoms with van der Waals surface area (Å²) in [6, 6.07) is 14.1. The minimum atomic E-state index is -1.26. The summed E-state index contributed by atoms with van der Waals surface area (Å²) >= 11 is 0. The molecule has 0 unspecified atom stereocenters. The molecule has 0 radical (unpaired) electrons. The van der Waals surface area contributed by atoms with Crippen LogP contribution in [0.2, 0.25) is 0 Å². The molecule has 11 heteroatoms. The van der Waals surface area contributed by atoms with Crippen LogP contribution in [0.15, 0.2) is 54.6 Å². The van der Waals surface area contributed by atoms with E-state index in [-0.39, 0.29) is 35.0 Å². The normalized spacial score (nSPS) is 11.2. The maximum atomic E-state index is 14.0. The molecule has 5 aromatic rings. The van der Waals surface area contributed by atoms with Gasteiger partial charge in [0.05, 0.1) is 29.7 Å². The number of tetrazole rings is 1. The van der Waals surface area contributed by atoms with Crippen molar-refractivity contribution in [1.82, 2.24) is 30.2 Å². The van der Waals surface area contributed by atoms with Gasteiger partial charge in [-0.3, -0.25) is 4.57 Å². The predicted octanol–water partition coefficient (Wildman–Crippen LogP) is 4.31. The smallest absolute Gasteiger partial charge is 0.338 e. The molecule has 35 heavy (non-hydrogen) atoms. The molecular weight excluding hydrogens is 458 g/mol. The number of carbonyl (C=O) groups is 1. The van der Waals surface area contributed by atoms with Gasteiger partial charge in [0.25, 0.3) is 6.01 Å². The van der Waals surface area contributed by atoms with Gasteiger partial charge < -0.3 is 9.84 Å². The van der Waals surface area contributed by atoms with Gasteiger partial charge in [-0.25, -0.2) is 13.6 Å². The third-order valence-corrected chi connectivity index (χ3v) is 5.45. The van der Waals surface area contributed by atoms with E-state index < -0.39 is 17.6 Å². The van der Waals surface area contributed by atoms with Crippen LogP contribution >= 0.6 is 0 Å². The standard InChI is InChI=1S/C24H18F2N6O3/c1-2-35-24-27-20-11-16(26)10-19(23(33)34)21(20)32(24)12-13-3-5-14(6-4-13)17-8-7-15(25)9-18(17)22-28-30-31-29-22/h3-11H,2,12H2,1H3,(H,33,34)(H,28,29,30,31). The minimum absolute atomic E-state index is 0.192. The summed E-state index contributed by atoms with van der Waals surface area (Å²) < 4.78 is 35.1. The molecule has 0 aliphatic carbocycles. The molecule has 5 rings (SSSR count). The van der Waals surface area contributed by atoms with E-state index in [0.29, 0.717) is 17.7 Å². The van der Waals surface area contributed by atoms with Gasteiger partial charge in [-0.1, -0.05) is 30.3 Å². The number of imidazole rings is 1. The molecule has 0 aliphatic rings. The van der Waals surface area contributed by atoms with Gasteiger partial charge in [-0.15, -0.1) is 10.2 Å². The second-order valence-corrected chi connectivity index (χ2v) is 7.66. The number of hydrogen-bond acceptors (Lipinski definition) is 6. The van der Waals surface area contributed by atoms with Crippen molar-refractivity contribution in [2.45, 2.75) is 13.5 Å². The monoisotopic (exact) mass is 476 g/mol. The number of carboxylic acid groups (broad SMARTS) is 1. The van der Waals surface area contributed by atoms with Crippen LogP contribution in [-0.2, 0) is 6.54 Å². The van der Waals surface area contributed by atoms with Crippen molar-refractivity contribution in [2.24, 2.45) is 0 Å². The van der Waals surface area contributed by atoms with Crippen molar-refractivity contribution < 1.29 is 23.4 Å². The van der Waals surface area contributed by atoms with E-state index in [4.69, 9.17) is 4.74 Å². The number of aromatic nitrogens is 6. The molecule has 0 bridgehead atoms. The summed E-state index contributed by atoms with van der Waals surface area (Å²) in [6.07, 6.45) is 0. The van der Waals surface area contributed by atoms with Crippen LogP contribution in [0.25, 0.3) is 33.5 Å². The van der Waals surface area contributed by atoms with Gasteiger partial charge in [0.1, 0.15) is 11.6 Å². The third kappa shape index (κ3) is 4.19. The summed E-state index contributed by atoms with van der Waals surface area (Å²) in [6.45, 7) is 2.32. The molecule has 0 amide bonds. The largest absolute Gasteiger partial charge is 0.478 e. The van der Waals surface area contributed by atoms with Gasteiger partial charge in [-0.05, 0) is 47.0 Å². The lowest BCUT2D eigenvalue weighted by molar-refractivity contribution is 0.0698. The molecular formula is C24H18F2N6O3. The minimum Gasteiger partial charge on any atom is -0.478 e. The molecule has 0 aliphatic heterocycles. The van der Waals surface area contributed by atoms with Crippen LogP contribution in [0.4, 0.5) is 8.78 Å². The highest BCUT2D eigenvalue weighted by Gasteiger charge is 2.21. The van der Waals surface area contributed by atoms with Crippen molar-refractivity contribution >= 4 is 17.0 Å². The third-order valence-electron chi connectivity index (χ3n) is 5.45. The fourth-order valence-electron chi connectivity index (χ4n) is 3.96. The number of aromatic amines is 1. The van der Waals surface area contributed by atoms with E-state index in [1.165, 1.54) is 18.2 Å². The van der Waals surface area contributed by atoms with E-state index in [9.17, 15) is 18.7 Å². The number of aromatic carboxylic acids is 1. The number of carboxylic acids is 1. The van der Waals surface area contributed by atoms with Crippen LogP contribution in [0.5, 0.6) is 6.01 Å². The van der Waals surface area contributed by atoms with E-state index in [1.54, 1.807) is 17.6 Å². The first-order chi connectivity index (χ1) is 16.9. The summed E-state index contributed by atoms with van der Waals surface area (Å²) in [5.41, 5.74) is 3.07. The second-order valence-electron chi connectivity index (χ2n) is 7.66. The van der Waals surface area contributed by atoms with Crippen molar-refractivity contribution in [3.63, 3.8) is 0 Å². The summed E-state index contributed by atoms with van der Waals surface area (Å²) in [5.74, 6) is -2.11. The highest BCUT2D eigenvalue weighted by molar-refractivity contribution is 6.01. The zero-order chi connectivity index (χ0) is 24.5. The number of H-pyrrole nitrogens is 1. The Morgan fingerprint density at radius 1 is 1.06 bits per heavy atom. The SMILES string of the molecule is CCOc1nc2cc(F)cc(C(=O)O)c2n1Cc1ccc(-c2ccc(F)cc2-c2nn[nH]n2)cc1. The molecule has 0 atom stereocenters. The van der Waals surface area contributed by atoms with E-state index in [0.717, 1.165) is 17.2 Å². The fraction of sp³-hybridized carbons (Fsp3) is 0.125. The number of nitrogens with one attached hydrogen (secondary N) is 1. The summed E-state index contributed by atoms with van der Waals surface area (Å²) in [4.78, 5) is 16.1. The van der Waals surface area contributed by atoms with Gasteiger partial charge in [0.15, 0.2) is 0 Å². The maximum absolute atomic E-state index is 14.0. The van der Waals surface area contributed by atoms with E-state index >= 15 is 0 Å². The van der Waals surface area contributed by atoms with Crippen LogP contribution in [0.1, 0.15) is 22.8 Å². The molecule has 0 saturated carbocycles. The Bertz CT molecular complexity index is 1530. The van der Waals surface area contributed by atoms with Gasteiger partial charge in [0.2, 0.25) is 5.82 Å². The lowest BCUT2D eigenvalue weighted by Crippen LogP contribution is -2.08. The molecule has 9 nitrogen and oxygen atoms in total. The molecule has 0 spiro atoms. The predicted molar refractivity (Wildman–Crippen MR) is 122 cm³/mol. The zero-order valence-electron chi connectivity index (χ0n) is 18.4. The number of ether oxygens (including phenoxy) is 1. The number of fused-ring (bicyclic) bond motifs is 1. The Labute approximate surface area is 197 Å². The number of benzene rings is 3. The highest BCUT2D eigenvalue weighted by atomic mass is 19.1. The number of halogens is 2. The highest BCUT2D eigenvalue weighted by Crippen LogP contribution is 2.32. The number of hydrogen-bond donors (Lipinski definition) is 2. The summed E-state index contributed by atoms with van der Waals surface area (Å²) in [5, 5.41) is 23.5. The van der Waals surface area contributed by atoms with Crippen LogP contribution in [-0.4, -0.2) is 47.9 Å². The number of nitrogens with zero attached hydrogens (tertiary/aromatic N) is 5. The molecule has 0 fully saturated rings. The van der Waals surface area contributed by atoms with Crippen LogP contribution in [0, 0.1) is 11.6 Å². The Balaban J connectivity index is 1.54. The Kier molecular flexibility index (Phi) is 5.65. The molecule has 176 valence electrons. The Hall–Kier alpha value is -4.67. The maximum Gasteiger partial charge on any atom is 0.338 e. The summed E-state index contributed by atoms with van der Waals surface area (Å²) in [7, 11) is 0. The molecule has 2 N–H and O–H groups in total. The lowest BCUT2D eigenvalue weighted by atomic mass is 9.98. The quantitative estimate of drug-likeness (QED) is 0.359. The van der Waals surface area contributed by atoms with Crippen molar-refractivity contribution in [3.8, 4) is 28.5 Å². The van der Waals surface area contributed by atoms with Crippen LogP contribution < -0.4 is 4.74 Å². The fourth-order valence-corrected chi connectivity index (χ4v) is 3.96. The average molecular weight is 476 g/mol. The van der Waals surface area contributed by atoms with Crippen molar-refractivity contribution in [2.75, 3.05) is 6.61 Å². The second kappa shape index (κ2) is 8.93. The molecule has 2 aromatic heterocycles. The first-order valence-corrected chi connectivity index (χ1v) is 10.6. The average Bonchev–Trinajstić information content (AvgIpc) is 3.48. The van der Waals surface area contributed by atoms with Crippen molar-refractivity contribution in [1.29, 1.82) is 0 Å². The molecule has 3 aromatic carbocycles.